The summed E-state index contributed by atoms with van der Waals surface area (Å²) in [6.45, 7) is 2.19. The summed E-state index contributed by atoms with van der Waals surface area (Å²) in [5, 5.41) is 0.220. The summed E-state index contributed by atoms with van der Waals surface area (Å²) in [5.74, 6) is 0.746. The number of furan rings is 1. The molecule has 0 unspecified atom stereocenters. The van der Waals surface area contributed by atoms with Crippen LogP contribution in [0.4, 0.5) is 0 Å². The molecule has 98 valence electrons. The van der Waals surface area contributed by atoms with Crippen LogP contribution in [0.5, 0.6) is 0 Å². The fourth-order valence-electron chi connectivity index (χ4n) is 1.89. The Kier molecular flexibility index (Phi) is 2.56. The average Bonchev–Trinajstić information content (AvgIpc) is 2.96. The van der Waals surface area contributed by atoms with E-state index in [4.69, 9.17) is 16.0 Å². The normalized spacial score (nSPS) is 11.3. The van der Waals surface area contributed by atoms with Gasteiger partial charge in [0.05, 0.1) is 0 Å². The molecule has 0 aliphatic carbocycles. The molecule has 7 nitrogen and oxygen atoms in total. The number of aromatic amines is 2. The van der Waals surface area contributed by atoms with Crippen molar-refractivity contribution in [3.8, 4) is 11.6 Å². The van der Waals surface area contributed by atoms with Gasteiger partial charge in [0, 0.05) is 6.54 Å². The molecule has 3 heterocycles. The number of rotatable bonds is 2. The fraction of sp³-hybridized carbons (Fsp3) is 0.182. The van der Waals surface area contributed by atoms with Gasteiger partial charge in [-0.15, -0.1) is 0 Å². The zero-order valence-electron chi connectivity index (χ0n) is 9.86. The zero-order valence-corrected chi connectivity index (χ0v) is 10.6. The lowest BCUT2D eigenvalue weighted by atomic mass is 10.4. The fourth-order valence-corrected chi connectivity index (χ4v) is 2.04. The predicted molar refractivity (Wildman–Crippen MR) is 69.4 cm³/mol. The molecule has 0 radical (unpaired) electrons. The molecule has 3 aromatic heterocycles. The van der Waals surface area contributed by atoms with E-state index in [1.165, 1.54) is 4.57 Å². The van der Waals surface area contributed by atoms with Crippen molar-refractivity contribution in [3.63, 3.8) is 0 Å². The maximum atomic E-state index is 11.7. The van der Waals surface area contributed by atoms with Crippen molar-refractivity contribution >= 4 is 22.8 Å². The molecule has 0 bridgehead atoms. The first-order valence-electron chi connectivity index (χ1n) is 5.58. The van der Waals surface area contributed by atoms with Crippen LogP contribution in [-0.2, 0) is 6.54 Å². The van der Waals surface area contributed by atoms with E-state index in [1.54, 1.807) is 19.1 Å². The number of nitrogens with zero attached hydrogens (tertiary/aromatic N) is 2. The molecule has 3 rings (SSSR count). The Morgan fingerprint density at radius 2 is 2.16 bits per heavy atom. The molecule has 3 aromatic rings. The average molecular weight is 281 g/mol. The topological polar surface area (TPSA) is 96.7 Å². The third-order valence-corrected chi connectivity index (χ3v) is 2.96. The van der Waals surface area contributed by atoms with Gasteiger partial charge in [-0.2, -0.15) is 0 Å². The summed E-state index contributed by atoms with van der Waals surface area (Å²) in [6, 6.07) is 3.20. The van der Waals surface area contributed by atoms with Gasteiger partial charge in [0.2, 0.25) is 0 Å². The molecule has 0 fully saturated rings. The van der Waals surface area contributed by atoms with E-state index in [-0.39, 0.29) is 10.7 Å². The summed E-state index contributed by atoms with van der Waals surface area (Å²) in [7, 11) is 0. The third-order valence-electron chi connectivity index (χ3n) is 2.76. The molecule has 0 atom stereocenters. The van der Waals surface area contributed by atoms with Crippen LogP contribution in [0.15, 0.2) is 26.1 Å². The molecule has 0 aromatic carbocycles. The second-order valence-corrected chi connectivity index (χ2v) is 4.26. The number of aromatic nitrogens is 4. The second-order valence-electron chi connectivity index (χ2n) is 3.89. The monoisotopic (exact) mass is 280 g/mol. The van der Waals surface area contributed by atoms with Gasteiger partial charge in [-0.05, 0) is 30.7 Å². The van der Waals surface area contributed by atoms with E-state index in [0.29, 0.717) is 23.8 Å². The van der Waals surface area contributed by atoms with Crippen LogP contribution in [0, 0.1) is 0 Å². The summed E-state index contributed by atoms with van der Waals surface area (Å²) < 4.78 is 6.58. The second kappa shape index (κ2) is 4.13. The number of imidazole rings is 1. The van der Waals surface area contributed by atoms with Gasteiger partial charge < -0.3 is 9.40 Å². The van der Waals surface area contributed by atoms with E-state index < -0.39 is 11.2 Å². The highest BCUT2D eigenvalue weighted by molar-refractivity contribution is 6.28. The van der Waals surface area contributed by atoms with Gasteiger partial charge in [-0.3, -0.25) is 14.3 Å². The molecule has 0 amide bonds. The van der Waals surface area contributed by atoms with Crippen molar-refractivity contribution in [2.75, 3.05) is 0 Å². The van der Waals surface area contributed by atoms with Crippen LogP contribution in [0.1, 0.15) is 6.92 Å². The summed E-state index contributed by atoms with van der Waals surface area (Å²) >= 11 is 5.69. The lowest BCUT2D eigenvalue weighted by molar-refractivity contribution is 0.580. The van der Waals surface area contributed by atoms with Crippen LogP contribution in [-0.4, -0.2) is 19.5 Å². The maximum Gasteiger partial charge on any atom is 0.330 e. The van der Waals surface area contributed by atoms with Crippen molar-refractivity contribution in [3.05, 3.63) is 38.2 Å². The molecular formula is C11H9ClN4O3. The standard InChI is InChI=1S/C11H9ClN4O3/c1-2-16-9-7(10(17)15-11(16)18)13-8(14-9)5-3-4-6(12)19-5/h3-4H,2H2,1H3,(H,13,14)(H,15,17,18). The minimum absolute atomic E-state index is 0.220. The van der Waals surface area contributed by atoms with E-state index in [1.807, 2.05) is 0 Å². The van der Waals surface area contributed by atoms with Crippen molar-refractivity contribution in [2.24, 2.45) is 0 Å². The van der Waals surface area contributed by atoms with Gasteiger partial charge in [0.25, 0.3) is 5.56 Å². The van der Waals surface area contributed by atoms with E-state index >= 15 is 0 Å². The highest BCUT2D eigenvalue weighted by Gasteiger charge is 2.14. The van der Waals surface area contributed by atoms with Crippen molar-refractivity contribution in [1.29, 1.82) is 0 Å². The Bertz CT molecular complexity index is 870. The Balaban J connectivity index is 2.34. The van der Waals surface area contributed by atoms with Crippen molar-refractivity contribution in [1.82, 2.24) is 19.5 Å². The molecule has 0 saturated carbocycles. The Labute approximate surface area is 110 Å². The lowest BCUT2D eigenvalue weighted by Gasteiger charge is -1.99. The SMILES string of the molecule is CCn1c(=O)[nH]c(=O)c2[nH]c(-c3ccc(Cl)o3)nc21. The number of hydrogen-bond acceptors (Lipinski definition) is 4. The molecule has 0 aliphatic rings. The van der Waals surface area contributed by atoms with Gasteiger partial charge in [-0.1, -0.05) is 0 Å². The van der Waals surface area contributed by atoms with Gasteiger partial charge in [0.1, 0.15) is 5.52 Å². The maximum absolute atomic E-state index is 11.7. The summed E-state index contributed by atoms with van der Waals surface area (Å²) in [4.78, 5) is 32.6. The van der Waals surface area contributed by atoms with Crippen molar-refractivity contribution in [2.45, 2.75) is 13.5 Å². The minimum Gasteiger partial charge on any atom is -0.441 e. The van der Waals surface area contributed by atoms with Gasteiger partial charge in [0.15, 0.2) is 22.5 Å². The highest BCUT2D eigenvalue weighted by Crippen LogP contribution is 2.23. The van der Waals surface area contributed by atoms with E-state index in [0.717, 1.165) is 0 Å². The summed E-state index contributed by atoms with van der Waals surface area (Å²) in [5.41, 5.74) is -0.487. The van der Waals surface area contributed by atoms with Gasteiger partial charge in [-0.25, -0.2) is 9.78 Å². The quantitative estimate of drug-likeness (QED) is 0.740. The number of aryl methyl sites for hydroxylation is 1. The highest BCUT2D eigenvalue weighted by atomic mass is 35.5. The minimum atomic E-state index is -0.513. The lowest BCUT2D eigenvalue weighted by Crippen LogP contribution is -2.29. The summed E-state index contributed by atoms with van der Waals surface area (Å²) in [6.07, 6.45) is 0. The van der Waals surface area contributed by atoms with Gasteiger partial charge >= 0.3 is 5.69 Å². The van der Waals surface area contributed by atoms with Crippen LogP contribution in [0.2, 0.25) is 5.22 Å². The molecule has 0 saturated heterocycles. The van der Waals surface area contributed by atoms with E-state index in [9.17, 15) is 9.59 Å². The number of hydrogen-bond donors (Lipinski definition) is 2. The first kappa shape index (κ1) is 11.8. The number of halogens is 1. The largest absolute Gasteiger partial charge is 0.441 e. The van der Waals surface area contributed by atoms with Crippen LogP contribution in [0.25, 0.3) is 22.7 Å². The Hall–Kier alpha value is -2.28. The predicted octanol–water partition coefficient (Wildman–Crippen LogP) is 1.35. The molecule has 2 N–H and O–H groups in total. The zero-order chi connectivity index (χ0) is 13.6. The molecule has 0 aliphatic heterocycles. The molecule has 19 heavy (non-hydrogen) atoms. The van der Waals surface area contributed by atoms with Crippen LogP contribution in [0.3, 0.4) is 0 Å². The van der Waals surface area contributed by atoms with Crippen molar-refractivity contribution < 1.29 is 4.42 Å². The molecular weight excluding hydrogens is 272 g/mol. The Morgan fingerprint density at radius 1 is 1.37 bits per heavy atom. The Morgan fingerprint density at radius 3 is 2.79 bits per heavy atom. The first-order valence-corrected chi connectivity index (χ1v) is 5.96. The van der Waals surface area contributed by atoms with Crippen LogP contribution < -0.4 is 11.2 Å². The molecule has 8 heteroatoms. The van der Waals surface area contributed by atoms with Crippen LogP contribution >= 0.6 is 11.6 Å². The molecule has 0 spiro atoms. The smallest absolute Gasteiger partial charge is 0.330 e. The number of fused-ring (bicyclic) bond motifs is 1. The first-order chi connectivity index (χ1) is 9.10. The van der Waals surface area contributed by atoms with E-state index in [2.05, 4.69) is 15.0 Å². The third kappa shape index (κ3) is 1.78. The number of H-pyrrole nitrogens is 2. The number of nitrogens with one attached hydrogen (secondary N) is 2.